The van der Waals surface area contributed by atoms with E-state index in [4.69, 9.17) is 5.73 Å². The van der Waals surface area contributed by atoms with E-state index in [0.717, 1.165) is 0 Å². The standard InChI is InChI=1S/C13H22N2OS/c1-12(2,8-14)11(16)15-9-13(3,4)10-6-5-7-17-10/h5-7H,8-9,14H2,1-4H3,(H,15,16). The summed E-state index contributed by atoms with van der Waals surface area (Å²) in [5.74, 6) is 0.0182. The smallest absolute Gasteiger partial charge is 0.226 e. The van der Waals surface area contributed by atoms with Crippen LogP contribution in [0.3, 0.4) is 0 Å². The molecule has 4 heteroatoms. The summed E-state index contributed by atoms with van der Waals surface area (Å²) in [5, 5.41) is 5.05. The zero-order valence-electron chi connectivity index (χ0n) is 11.0. The highest BCUT2D eigenvalue weighted by molar-refractivity contribution is 7.10. The molecule has 0 radical (unpaired) electrons. The molecule has 1 heterocycles. The Labute approximate surface area is 107 Å². The Morgan fingerprint density at radius 1 is 1.41 bits per heavy atom. The molecule has 17 heavy (non-hydrogen) atoms. The summed E-state index contributed by atoms with van der Waals surface area (Å²) < 4.78 is 0. The lowest BCUT2D eigenvalue weighted by atomic mass is 9.89. The van der Waals surface area contributed by atoms with Gasteiger partial charge >= 0.3 is 0 Å². The highest BCUT2D eigenvalue weighted by Crippen LogP contribution is 2.27. The van der Waals surface area contributed by atoms with Crippen molar-refractivity contribution in [3.8, 4) is 0 Å². The molecular weight excluding hydrogens is 232 g/mol. The minimum atomic E-state index is -0.495. The summed E-state index contributed by atoms with van der Waals surface area (Å²) in [6.45, 7) is 8.98. The van der Waals surface area contributed by atoms with E-state index in [1.807, 2.05) is 19.9 Å². The van der Waals surface area contributed by atoms with Crippen LogP contribution in [0.2, 0.25) is 0 Å². The van der Waals surface area contributed by atoms with Crippen molar-refractivity contribution < 1.29 is 4.79 Å². The molecule has 1 rings (SSSR count). The van der Waals surface area contributed by atoms with Gasteiger partial charge in [-0.3, -0.25) is 4.79 Å². The van der Waals surface area contributed by atoms with Crippen molar-refractivity contribution in [2.24, 2.45) is 11.1 Å². The molecule has 0 fully saturated rings. The van der Waals surface area contributed by atoms with Gasteiger partial charge in [0.2, 0.25) is 5.91 Å². The minimum absolute atomic E-state index is 0.0182. The molecule has 1 amide bonds. The molecule has 0 spiro atoms. The molecule has 0 aliphatic carbocycles. The van der Waals surface area contributed by atoms with E-state index in [9.17, 15) is 4.79 Å². The van der Waals surface area contributed by atoms with Gasteiger partial charge in [-0.15, -0.1) is 11.3 Å². The van der Waals surface area contributed by atoms with Gasteiger partial charge in [0.25, 0.3) is 0 Å². The van der Waals surface area contributed by atoms with Crippen LogP contribution in [0.5, 0.6) is 0 Å². The molecule has 0 bridgehead atoms. The van der Waals surface area contributed by atoms with Crippen LogP contribution in [0, 0.1) is 5.41 Å². The Morgan fingerprint density at radius 2 is 2.06 bits per heavy atom. The van der Waals surface area contributed by atoms with Crippen molar-refractivity contribution in [1.29, 1.82) is 0 Å². The number of rotatable bonds is 5. The van der Waals surface area contributed by atoms with Gasteiger partial charge in [0, 0.05) is 23.4 Å². The van der Waals surface area contributed by atoms with E-state index in [-0.39, 0.29) is 11.3 Å². The first-order valence-electron chi connectivity index (χ1n) is 5.82. The Balaban J connectivity index is 2.60. The molecule has 0 unspecified atom stereocenters. The molecule has 0 saturated heterocycles. The highest BCUT2D eigenvalue weighted by atomic mass is 32.1. The zero-order valence-corrected chi connectivity index (χ0v) is 11.9. The van der Waals surface area contributed by atoms with Gasteiger partial charge in [0.05, 0.1) is 5.41 Å². The third-order valence-corrected chi connectivity index (χ3v) is 4.24. The van der Waals surface area contributed by atoms with Crippen LogP contribution < -0.4 is 11.1 Å². The Kier molecular flexibility index (Phi) is 4.33. The van der Waals surface area contributed by atoms with Crippen molar-refractivity contribution in [1.82, 2.24) is 5.32 Å². The molecule has 0 aliphatic rings. The van der Waals surface area contributed by atoms with Gasteiger partial charge in [-0.2, -0.15) is 0 Å². The fourth-order valence-electron chi connectivity index (χ4n) is 1.38. The summed E-state index contributed by atoms with van der Waals surface area (Å²) in [5.41, 5.74) is 5.05. The van der Waals surface area contributed by atoms with Gasteiger partial charge < -0.3 is 11.1 Å². The minimum Gasteiger partial charge on any atom is -0.355 e. The maximum absolute atomic E-state index is 11.9. The summed E-state index contributed by atoms with van der Waals surface area (Å²) in [7, 11) is 0. The Morgan fingerprint density at radius 3 is 2.53 bits per heavy atom. The molecule has 96 valence electrons. The largest absolute Gasteiger partial charge is 0.355 e. The van der Waals surface area contributed by atoms with E-state index in [2.05, 4.69) is 30.6 Å². The molecule has 0 aliphatic heterocycles. The Bertz CT molecular complexity index is 369. The van der Waals surface area contributed by atoms with Gasteiger partial charge in [0.1, 0.15) is 0 Å². The van der Waals surface area contributed by atoms with Crippen LogP contribution in [-0.4, -0.2) is 19.0 Å². The van der Waals surface area contributed by atoms with Gasteiger partial charge in [-0.05, 0) is 25.3 Å². The number of amides is 1. The number of hydrogen-bond donors (Lipinski definition) is 2. The lowest BCUT2D eigenvalue weighted by Gasteiger charge is -2.27. The maximum atomic E-state index is 11.9. The molecule has 0 atom stereocenters. The summed E-state index contributed by atoms with van der Waals surface area (Å²) in [4.78, 5) is 13.2. The predicted molar refractivity (Wildman–Crippen MR) is 73.2 cm³/mol. The summed E-state index contributed by atoms with van der Waals surface area (Å²) in [6, 6.07) is 4.14. The second-order valence-electron chi connectivity index (χ2n) is 5.63. The van der Waals surface area contributed by atoms with Crippen LogP contribution in [0.1, 0.15) is 32.6 Å². The van der Waals surface area contributed by atoms with Crippen molar-refractivity contribution in [3.63, 3.8) is 0 Å². The van der Waals surface area contributed by atoms with E-state index < -0.39 is 5.41 Å². The van der Waals surface area contributed by atoms with Gasteiger partial charge in [-0.1, -0.05) is 19.9 Å². The third kappa shape index (κ3) is 3.54. The number of nitrogens with two attached hydrogens (primary N) is 1. The topological polar surface area (TPSA) is 55.1 Å². The molecule has 3 nitrogen and oxygen atoms in total. The molecule has 1 aromatic heterocycles. The van der Waals surface area contributed by atoms with Crippen LogP contribution in [0.4, 0.5) is 0 Å². The van der Waals surface area contributed by atoms with Crippen LogP contribution >= 0.6 is 11.3 Å². The monoisotopic (exact) mass is 254 g/mol. The number of thiophene rings is 1. The molecule has 0 saturated carbocycles. The Hall–Kier alpha value is -0.870. The maximum Gasteiger partial charge on any atom is 0.226 e. The van der Waals surface area contributed by atoms with Crippen molar-refractivity contribution in [2.45, 2.75) is 33.1 Å². The lowest BCUT2D eigenvalue weighted by molar-refractivity contribution is -0.129. The highest BCUT2D eigenvalue weighted by Gasteiger charge is 2.28. The predicted octanol–water partition coefficient (Wildman–Crippen LogP) is 2.13. The molecular formula is C13H22N2OS. The molecule has 1 aromatic rings. The van der Waals surface area contributed by atoms with Crippen molar-refractivity contribution in [3.05, 3.63) is 22.4 Å². The number of nitrogens with one attached hydrogen (secondary N) is 1. The van der Waals surface area contributed by atoms with Crippen LogP contribution in [0.15, 0.2) is 17.5 Å². The lowest BCUT2D eigenvalue weighted by Crippen LogP contribution is -2.45. The first-order valence-corrected chi connectivity index (χ1v) is 6.70. The normalized spacial score (nSPS) is 12.5. The number of carbonyl (C=O) groups is 1. The fourth-order valence-corrected chi connectivity index (χ4v) is 2.24. The number of hydrogen-bond acceptors (Lipinski definition) is 3. The fraction of sp³-hybridized carbons (Fsp3) is 0.615. The molecule has 3 N–H and O–H groups in total. The summed E-state index contributed by atoms with van der Waals surface area (Å²) >= 11 is 1.72. The van der Waals surface area contributed by atoms with E-state index >= 15 is 0 Å². The first kappa shape index (κ1) is 14.2. The average molecular weight is 254 g/mol. The van der Waals surface area contributed by atoms with Crippen molar-refractivity contribution in [2.75, 3.05) is 13.1 Å². The number of carbonyl (C=O) groups excluding carboxylic acids is 1. The van der Waals surface area contributed by atoms with E-state index in [0.29, 0.717) is 13.1 Å². The molecule has 0 aromatic carbocycles. The second-order valence-corrected chi connectivity index (χ2v) is 6.58. The third-order valence-electron chi connectivity index (χ3n) is 3.00. The first-order chi connectivity index (χ1) is 7.79. The quantitative estimate of drug-likeness (QED) is 0.845. The average Bonchev–Trinajstić information content (AvgIpc) is 2.80. The zero-order chi connectivity index (χ0) is 13.1. The second kappa shape index (κ2) is 5.19. The van der Waals surface area contributed by atoms with E-state index in [1.54, 1.807) is 11.3 Å². The van der Waals surface area contributed by atoms with Crippen LogP contribution in [-0.2, 0) is 10.2 Å². The van der Waals surface area contributed by atoms with E-state index in [1.165, 1.54) is 4.88 Å². The van der Waals surface area contributed by atoms with Gasteiger partial charge in [0.15, 0.2) is 0 Å². The van der Waals surface area contributed by atoms with Crippen LogP contribution in [0.25, 0.3) is 0 Å². The SMILES string of the molecule is CC(C)(CN)C(=O)NCC(C)(C)c1cccs1. The summed E-state index contributed by atoms with van der Waals surface area (Å²) in [6.07, 6.45) is 0. The van der Waals surface area contributed by atoms with Crippen molar-refractivity contribution >= 4 is 17.2 Å². The van der Waals surface area contributed by atoms with Gasteiger partial charge in [-0.25, -0.2) is 0 Å².